The largest absolute Gasteiger partial charge is 0.496 e. The van der Waals surface area contributed by atoms with Gasteiger partial charge in [0.15, 0.2) is 0 Å². The van der Waals surface area contributed by atoms with Crippen molar-refractivity contribution in [3.05, 3.63) is 53.3 Å². The Morgan fingerprint density at radius 1 is 1.30 bits per heavy atom. The zero-order valence-electron chi connectivity index (χ0n) is 11.8. The van der Waals surface area contributed by atoms with Gasteiger partial charge in [-0.05, 0) is 31.2 Å². The highest BCUT2D eigenvalue weighted by Gasteiger charge is 2.10. The number of carbonyl (C=O) groups excluding carboxylic acids is 1. The predicted octanol–water partition coefficient (Wildman–Crippen LogP) is 2.11. The van der Waals surface area contributed by atoms with Crippen LogP contribution in [-0.2, 0) is 7.05 Å². The normalized spacial score (nSPS) is 10.8. The molecule has 0 atom stereocenters. The van der Waals surface area contributed by atoms with E-state index in [9.17, 15) is 4.79 Å². The maximum absolute atomic E-state index is 12.0. The average molecular weight is 271 g/mol. The van der Waals surface area contributed by atoms with Crippen LogP contribution in [0.3, 0.4) is 0 Å². The maximum Gasteiger partial charge on any atom is 0.275 e. The highest BCUT2D eigenvalue weighted by molar-refractivity contribution is 5.97. The third-order valence-corrected chi connectivity index (χ3v) is 3.13. The van der Waals surface area contributed by atoms with Gasteiger partial charge in [-0.25, -0.2) is 5.43 Å². The van der Waals surface area contributed by atoms with Crippen LogP contribution in [0.15, 0.2) is 41.5 Å². The smallest absolute Gasteiger partial charge is 0.275 e. The molecule has 0 bridgehead atoms. The number of hydrogen-bond donors (Lipinski definition) is 1. The average Bonchev–Trinajstić information content (AvgIpc) is 2.79. The summed E-state index contributed by atoms with van der Waals surface area (Å²) >= 11 is 0. The molecule has 0 saturated heterocycles. The number of para-hydroxylation sites is 1. The van der Waals surface area contributed by atoms with Gasteiger partial charge in [0.2, 0.25) is 0 Å². The van der Waals surface area contributed by atoms with Crippen molar-refractivity contribution in [3.63, 3.8) is 0 Å². The molecule has 0 aliphatic carbocycles. The van der Waals surface area contributed by atoms with Crippen LogP contribution in [0, 0.1) is 6.92 Å². The quantitative estimate of drug-likeness (QED) is 0.684. The molecule has 1 aromatic carbocycles. The van der Waals surface area contributed by atoms with E-state index >= 15 is 0 Å². The van der Waals surface area contributed by atoms with E-state index in [4.69, 9.17) is 4.74 Å². The lowest BCUT2D eigenvalue weighted by atomic mass is 10.2. The maximum atomic E-state index is 12.0. The van der Waals surface area contributed by atoms with E-state index in [2.05, 4.69) is 10.5 Å². The second-order valence-corrected chi connectivity index (χ2v) is 4.36. The van der Waals surface area contributed by atoms with E-state index in [0.717, 1.165) is 11.4 Å². The molecule has 104 valence electrons. The van der Waals surface area contributed by atoms with Crippen molar-refractivity contribution in [2.75, 3.05) is 7.11 Å². The molecule has 5 nitrogen and oxygen atoms in total. The zero-order valence-corrected chi connectivity index (χ0v) is 11.8. The molecule has 0 aliphatic heterocycles. The van der Waals surface area contributed by atoms with E-state index < -0.39 is 0 Å². The zero-order chi connectivity index (χ0) is 14.5. The fourth-order valence-electron chi connectivity index (χ4n) is 1.81. The first-order valence-corrected chi connectivity index (χ1v) is 6.22. The van der Waals surface area contributed by atoms with E-state index in [1.165, 1.54) is 7.11 Å². The highest BCUT2D eigenvalue weighted by atomic mass is 16.5. The van der Waals surface area contributed by atoms with Crippen molar-refractivity contribution in [1.29, 1.82) is 0 Å². The Hall–Kier alpha value is -2.56. The number of hydrogen-bond acceptors (Lipinski definition) is 3. The van der Waals surface area contributed by atoms with Gasteiger partial charge in [-0.2, -0.15) is 5.10 Å². The first kappa shape index (κ1) is 13.9. The summed E-state index contributed by atoms with van der Waals surface area (Å²) in [5.41, 5.74) is 5.00. The minimum atomic E-state index is -0.301. The van der Waals surface area contributed by atoms with E-state index in [1.807, 2.05) is 36.7 Å². The van der Waals surface area contributed by atoms with Gasteiger partial charge < -0.3 is 9.30 Å². The number of carbonyl (C=O) groups is 1. The molecule has 0 radical (unpaired) electrons. The number of nitrogens with one attached hydrogen (secondary N) is 1. The van der Waals surface area contributed by atoms with Crippen molar-refractivity contribution in [2.24, 2.45) is 12.1 Å². The Morgan fingerprint density at radius 3 is 2.70 bits per heavy atom. The van der Waals surface area contributed by atoms with Crippen LogP contribution in [0.4, 0.5) is 0 Å². The predicted molar refractivity (Wildman–Crippen MR) is 78.2 cm³/mol. The number of rotatable bonds is 4. The van der Waals surface area contributed by atoms with Gasteiger partial charge in [-0.3, -0.25) is 4.79 Å². The van der Waals surface area contributed by atoms with Gasteiger partial charge in [-0.15, -0.1) is 0 Å². The Labute approximate surface area is 117 Å². The molecule has 0 fully saturated rings. The Morgan fingerprint density at radius 2 is 2.05 bits per heavy atom. The van der Waals surface area contributed by atoms with Gasteiger partial charge in [0, 0.05) is 12.7 Å². The molecule has 0 saturated carbocycles. The molecule has 1 amide bonds. The highest BCUT2D eigenvalue weighted by Crippen LogP contribution is 2.16. The second kappa shape index (κ2) is 6.06. The van der Waals surface area contributed by atoms with Crippen molar-refractivity contribution >= 4 is 12.1 Å². The molecule has 0 unspecified atom stereocenters. The monoisotopic (exact) mass is 271 g/mol. The van der Waals surface area contributed by atoms with Gasteiger partial charge in [0.05, 0.1) is 24.6 Å². The first-order chi connectivity index (χ1) is 9.63. The number of hydrazone groups is 1. The molecular weight excluding hydrogens is 254 g/mol. The molecule has 2 aromatic rings. The van der Waals surface area contributed by atoms with Gasteiger partial charge in [0.1, 0.15) is 5.75 Å². The topological polar surface area (TPSA) is 55.6 Å². The third kappa shape index (κ3) is 2.88. The summed E-state index contributed by atoms with van der Waals surface area (Å²) < 4.78 is 7.12. The van der Waals surface area contributed by atoms with Crippen LogP contribution in [0.2, 0.25) is 0 Å². The van der Waals surface area contributed by atoms with E-state index in [1.54, 1.807) is 24.4 Å². The summed E-state index contributed by atoms with van der Waals surface area (Å²) in [5, 5.41) is 3.97. The van der Waals surface area contributed by atoms with Crippen LogP contribution in [0.5, 0.6) is 5.75 Å². The number of amides is 1. The molecule has 20 heavy (non-hydrogen) atoms. The number of ether oxygens (including phenoxy) is 1. The Kier molecular flexibility index (Phi) is 4.20. The lowest BCUT2D eigenvalue weighted by Gasteiger charge is -2.06. The SMILES string of the molecule is COc1ccccc1C(=O)N/N=C/c1ccc(C)n1C. The van der Waals surface area contributed by atoms with Gasteiger partial charge >= 0.3 is 0 Å². The van der Waals surface area contributed by atoms with Gasteiger partial charge in [-0.1, -0.05) is 12.1 Å². The summed E-state index contributed by atoms with van der Waals surface area (Å²) in [6, 6.07) is 10.9. The molecule has 1 N–H and O–H groups in total. The standard InChI is InChI=1S/C15H17N3O2/c1-11-8-9-12(18(11)2)10-16-17-15(19)13-6-4-5-7-14(13)20-3/h4-10H,1-3H3,(H,17,19)/b16-10+. The van der Waals surface area contributed by atoms with Crippen molar-refractivity contribution in [3.8, 4) is 5.75 Å². The van der Waals surface area contributed by atoms with E-state index in [0.29, 0.717) is 11.3 Å². The summed E-state index contributed by atoms with van der Waals surface area (Å²) in [4.78, 5) is 12.0. The van der Waals surface area contributed by atoms with E-state index in [-0.39, 0.29) is 5.91 Å². The minimum absolute atomic E-state index is 0.301. The molecule has 1 aromatic heterocycles. The lowest BCUT2D eigenvalue weighted by molar-refractivity contribution is 0.0952. The van der Waals surface area contributed by atoms with Crippen molar-refractivity contribution in [1.82, 2.24) is 9.99 Å². The number of benzene rings is 1. The van der Waals surface area contributed by atoms with Gasteiger partial charge in [0.25, 0.3) is 5.91 Å². The number of aryl methyl sites for hydroxylation is 1. The fourth-order valence-corrected chi connectivity index (χ4v) is 1.81. The minimum Gasteiger partial charge on any atom is -0.496 e. The summed E-state index contributed by atoms with van der Waals surface area (Å²) in [6.45, 7) is 2.00. The number of methoxy groups -OCH3 is 1. The Balaban J connectivity index is 2.07. The molecule has 5 heteroatoms. The van der Waals surface area contributed by atoms with Crippen LogP contribution in [0.1, 0.15) is 21.7 Å². The molecule has 2 rings (SSSR count). The molecule has 1 heterocycles. The summed E-state index contributed by atoms with van der Waals surface area (Å²) in [5.74, 6) is 0.222. The van der Waals surface area contributed by atoms with Crippen LogP contribution in [0.25, 0.3) is 0 Å². The number of nitrogens with zero attached hydrogens (tertiary/aromatic N) is 2. The summed E-state index contributed by atoms with van der Waals surface area (Å²) in [7, 11) is 3.47. The number of aromatic nitrogens is 1. The second-order valence-electron chi connectivity index (χ2n) is 4.36. The first-order valence-electron chi connectivity index (χ1n) is 6.22. The third-order valence-electron chi connectivity index (χ3n) is 3.13. The van der Waals surface area contributed by atoms with Crippen LogP contribution < -0.4 is 10.2 Å². The summed E-state index contributed by atoms with van der Waals surface area (Å²) in [6.07, 6.45) is 1.61. The fraction of sp³-hybridized carbons (Fsp3) is 0.200. The van der Waals surface area contributed by atoms with Crippen molar-refractivity contribution in [2.45, 2.75) is 6.92 Å². The van der Waals surface area contributed by atoms with Crippen LogP contribution >= 0.6 is 0 Å². The molecular formula is C15H17N3O2. The lowest BCUT2D eigenvalue weighted by Crippen LogP contribution is -2.18. The molecule has 0 aliphatic rings. The van der Waals surface area contributed by atoms with Crippen molar-refractivity contribution < 1.29 is 9.53 Å². The van der Waals surface area contributed by atoms with Crippen LogP contribution in [-0.4, -0.2) is 23.8 Å². The Bertz CT molecular complexity index is 644. The molecule has 0 spiro atoms.